The lowest BCUT2D eigenvalue weighted by atomic mass is 10.3. The van der Waals surface area contributed by atoms with Crippen LogP contribution in [0.15, 0.2) is 0 Å². The van der Waals surface area contributed by atoms with Crippen LogP contribution in [0.4, 0.5) is 0 Å². The molecule has 0 fully saturated rings. The molecule has 7 nitrogen and oxygen atoms in total. The summed E-state index contributed by atoms with van der Waals surface area (Å²) in [6.07, 6.45) is 0. The van der Waals surface area contributed by atoms with Gasteiger partial charge in [-0.3, -0.25) is 4.79 Å². The lowest BCUT2D eigenvalue weighted by Gasteiger charge is -2.07. The molecule has 4 N–H and O–H groups in total. The molecular formula is C5H10N6O. The molecule has 7 heteroatoms. The fourth-order valence-corrected chi connectivity index (χ4v) is 0.605. The standard InChI is InChI=1S/C5H10N6O/c1-3(2-6)7-5(12)4-8-10-11-9-4/h3H,2,6H2,1H3,(H,7,12)(H,8,9,10,11)/t3-/m1/s1. The molecule has 1 aromatic heterocycles. The number of aromatic amines is 1. The summed E-state index contributed by atoms with van der Waals surface area (Å²) in [6.45, 7) is 2.17. The van der Waals surface area contributed by atoms with Gasteiger partial charge in [-0.05, 0) is 12.1 Å². The number of amides is 1. The quantitative estimate of drug-likeness (QED) is 0.499. The second kappa shape index (κ2) is 3.77. The Kier molecular flexibility index (Phi) is 2.70. The van der Waals surface area contributed by atoms with Crippen molar-refractivity contribution in [3.05, 3.63) is 5.82 Å². The van der Waals surface area contributed by atoms with Crippen molar-refractivity contribution >= 4 is 5.91 Å². The Hall–Kier alpha value is -1.50. The van der Waals surface area contributed by atoms with Gasteiger partial charge in [-0.15, -0.1) is 10.2 Å². The molecule has 0 radical (unpaired) electrons. The van der Waals surface area contributed by atoms with Gasteiger partial charge in [0, 0.05) is 12.6 Å². The van der Waals surface area contributed by atoms with Gasteiger partial charge in [0.25, 0.3) is 11.7 Å². The zero-order valence-corrected chi connectivity index (χ0v) is 6.61. The van der Waals surface area contributed by atoms with Crippen molar-refractivity contribution in [3.63, 3.8) is 0 Å². The van der Waals surface area contributed by atoms with Crippen LogP contribution in [0.5, 0.6) is 0 Å². The molecule has 0 aliphatic rings. The number of tetrazole rings is 1. The minimum absolute atomic E-state index is 0.0234. The highest BCUT2D eigenvalue weighted by Gasteiger charge is 2.11. The molecular weight excluding hydrogens is 160 g/mol. The summed E-state index contributed by atoms with van der Waals surface area (Å²) in [6, 6.07) is -0.0870. The summed E-state index contributed by atoms with van der Waals surface area (Å²) >= 11 is 0. The van der Waals surface area contributed by atoms with E-state index < -0.39 is 0 Å². The molecule has 0 bridgehead atoms. The van der Waals surface area contributed by atoms with E-state index in [-0.39, 0.29) is 17.8 Å². The van der Waals surface area contributed by atoms with Gasteiger partial charge in [0.1, 0.15) is 0 Å². The van der Waals surface area contributed by atoms with Crippen molar-refractivity contribution in [1.29, 1.82) is 0 Å². The van der Waals surface area contributed by atoms with E-state index in [0.29, 0.717) is 6.54 Å². The molecule has 0 aliphatic carbocycles. The van der Waals surface area contributed by atoms with Crippen LogP contribution < -0.4 is 11.1 Å². The van der Waals surface area contributed by atoms with E-state index >= 15 is 0 Å². The van der Waals surface area contributed by atoms with Crippen molar-refractivity contribution in [3.8, 4) is 0 Å². The first-order valence-electron chi connectivity index (χ1n) is 3.48. The van der Waals surface area contributed by atoms with Gasteiger partial charge < -0.3 is 11.1 Å². The highest BCUT2D eigenvalue weighted by molar-refractivity contribution is 5.90. The van der Waals surface area contributed by atoms with Crippen LogP contribution in [0.25, 0.3) is 0 Å². The van der Waals surface area contributed by atoms with Gasteiger partial charge in [0.05, 0.1) is 0 Å². The maximum absolute atomic E-state index is 11.1. The lowest BCUT2D eigenvalue weighted by Crippen LogP contribution is -2.38. The van der Waals surface area contributed by atoms with Gasteiger partial charge in [-0.1, -0.05) is 0 Å². The van der Waals surface area contributed by atoms with Crippen LogP contribution in [0.2, 0.25) is 0 Å². The second-order valence-electron chi connectivity index (χ2n) is 2.35. The number of nitrogens with one attached hydrogen (secondary N) is 2. The van der Waals surface area contributed by atoms with E-state index in [0.717, 1.165) is 0 Å². The average molecular weight is 170 g/mol. The average Bonchev–Trinajstić information content (AvgIpc) is 2.56. The van der Waals surface area contributed by atoms with Crippen LogP contribution in [0, 0.1) is 0 Å². The van der Waals surface area contributed by atoms with Gasteiger partial charge in [0.2, 0.25) is 0 Å². The lowest BCUT2D eigenvalue weighted by molar-refractivity contribution is 0.0931. The predicted molar refractivity (Wildman–Crippen MR) is 40.2 cm³/mol. The molecule has 0 unspecified atom stereocenters. The molecule has 0 saturated heterocycles. The molecule has 0 spiro atoms. The minimum Gasteiger partial charge on any atom is -0.345 e. The van der Waals surface area contributed by atoms with Crippen molar-refractivity contribution in [1.82, 2.24) is 25.9 Å². The van der Waals surface area contributed by atoms with E-state index in [1.807, 2.05) is 0 Å². The minimum atomic E-state index is -0.373. The SMILES string of the molecule is C[C@H](CN)NC(=O)c1nn[nH]n1. The number of nitrogens with zero attached hydrogens (tertiary/aromatic N) is 3. The van der Waals surface area contributed by atoms with E-state index in [4.69, 9.17) is 5.73 Å². The molecule has 66 valence electrons. The number of rotatable bonds is 3. The van der Waals surface area contributed by atoms with Gasteiger partial charge in [-0.2, -0.15) is 5.21 Å². The van der Waals surface area contributed by atoms with Gasteiger partial charge >= 0.3 is 0 Å². The number of H-pyrrole nitrogens is 1. The first-order chi connectivity index (χ1) is 5.74. The van der Waals surface area contributed by atoms with E-state index in [1.54, 1.807) is 6.92 Å². The van der Waals surface area contributed by atoms with Crippen molar-refractivity contribution in [2.75, 3.05) is 6.54 Å². The van der Waals surface area contributed by atoms with Crippen LogP contribution in [0.3, 0.4) is 0 Å². The topological polar surface area (TPSA) is 110 Å². The molecule has 0 saturated carbocycles. The fraction of sp³-hybridized carbons (Fsp3) is 0.600. The van der Waals surface area contributed by atoms with Crippen molar-refractivity contribution in [2.24, 2.45) is 5.73 Å². The third kappa shape index (κ3) is 1.99. The zero-order valence-electron chi connectivity index (χ0n) is 6.61. The number of hydrogen-bond acceptors (Lipinski definition) is 5. The Morgan fingerprint density at radius 3 is 3.08 bits per heavy atom. The third-order valence-electron chi connectivity index (χ3n) is 1.28. The van der Waals surface area contributed by atoms with Crippen molar-refractivity contribution < 1.29 is 4.79 Å². The smallest absolute Gasteiger partial charge is 0.293 e. The van der Waals surface area contributed by atoms with Crippen LogP contribution in [-0.2, 0) is 0 Å². The van der Waals surface area contributed by atoms with Crippen molar-refractivity contribution in [2.45, 2.75) is 13.0 Å². The molecule has 0 aromatic carbocycles. The molecule has 1 amide bonds. The summed E-state index contributed by atoms with van der Waals surface area (Å²) in [4.78, 5) is 11.1. The predicted octanol–water partition coefficient (Wildman–Crippen LogP) is -1.72. The molecule has 12 heavy (non-hydrogen) atoms. The van der Waals surface area contributed by atoms with Gasteiger partial charge in [-0.25, -0.2) is 0 Å². The highest BCUT2D eigenvalue weighted by Crippen LogP contribution is 1.85. The summed E-state index contributed by atoms with van der Waals surface area (Å²) < 4.78 is 0. The van der Waals surface area contributed by atoms with E-state index in [9.17, 15) is 4.79 Å². The second-order valence-corrected chi connectivity index (χ2v) is 2.35. The summed E-state index contributed by atoms with van der Waals surface area (Å²) in [5.41, 5.74) is 5.29. The Morgan fingerprint density at radius 1 is 1.83 bits per heavy atom. The number of hydrogen-bond donors (Lipinski definition) is 3. The highest BCUT2D eigenvalue weighted by atomic mass is 16.2. The van der Waals surface area contributed by atoms with Crippen LogP contribution in [0.1, 0.15) is 17.5 Å². The maximum atomic E-state index is 11.1. The molecule has 1 heterocycles. The van der Waals surface area contributed by atoms with Crippen LogP contribution >= 0.6 is 0 Å². The van der Waals surface area contributed by atoms with E-state index in [2.05, 4.69) is 25.9 Å². The number of carbonyl (C=O) groups is 1. The Morgan fingerprint density at radius 2 is 2.58 bits per heavy atom. The first-order valence-corrected chi connectivity index (χ1v) is 3.48. The fourth-order valence-electron chi connectivity index (χ4n) is 0.605. The monoisotopic (exact) mass is 170 g/mol. The Labute approximate surface area is 68.7 Å². The largest absolute Gasteiger partial charge is 0.345 e. The number of carbonyl (C=O) groups excluding carboxylic acids is 1. The summed E-state index contributed by atoms with van der Waals surface area (Å²) in [7, 11) is 0. The first kappa shape index (κ1) is 8.60. The number of nitrogens with two attached hydrogens (primary N) is 1. The summed E-state index contributed by atoms with van der Waals surface area (Å²) in [5.74, 6) is -0.350. The maximum Gasteiger partial charge on any atom is 0.293 e. The summed E-state index contributed by atoms with van der Waals surface area (Å²) in [5, 5.41) is 15.0. The Bertz CT molecular complexity index is 244. The molecule has 1 rings (SSSR count). The molecule has 1 aromatic rings. The Balaban J connectivity index is 2.50. The molecule has 1 atom stereocenters. The zero-order chi connectivity index (χ0) is 8.97. The third-order valence-corrected chi connectivity index (χ3v) is 1.28. The van der Waals surface area contributed by atoms with Crippen LogP contribution in [-0.4, -0.2) is 39.1 Å². The normalized spacial score (nSPS) is 12.5. The number of aromatic nitrogens is 4. The molecule has 0 aliphatic heterocycles. The van der Waals surface area contributed by atoms with E-state index in [1.165, 1.54) is 0 Å². The van der Waals surface area contributed by atoms with Gasteiger partial charge in [0.15, 0.2) is 0 Å².